The number of allylic oxidation sites excluding steroid dienone is 1. The predicted octanol–water partition coefficient (Wildman–Crippen LogP) is 4.39. The first-order chi connectivity index (χ1) is 15.0. The third-order valence-electron chi connectivity index (χ3n) is 6.66. The molecule has 3 rings (SSSR count). The summed E-state index contributed by atoms with van der Waals surface area (Å²) >= 11 is 0. The predicted molar refractivity (Wildman–Crippen MR) is 127 cm³/mol. The van der Waals surface area contributed by atoms with Crippen LogP contribution in [-0.2, 0) is 21.4 Å². The monoisotopic (exact) mass is 423 g/mol. The Morgan fingerprint density at radius 3 is 2.77 bits per heavy atom. The minimum Gasteiger partial charge on any atom is -0.383 e. The maximum Gasteiger partial charge on any atom is 0.252 e. The van der Waals surface area contributed by atoms with Gasteiger partial charge in [0.2, 0.25) is 0 Å². The van der Waals surface area contributed by atoms with Crippen LogP contribution in [0.3, 0.4) is 0 Å². The fraction of sp³-hybridized carbons (Fsp3) is 0.538. The number of hydrogen-bond acceptors (Lipinski definition) is 4. The van der Waals surface area contributed by atoms with Crippen molar-refractivity contribution in [2.75, 3.05) is 33.4 Å². The van der Waals surface area contributed by atoms with Gasteiger partial charge in [-0.15, -0.1) is 0 Å². The van der Waals surface area contributed by atoms with Crippen LogP contribution in [-0.4, -0.2) is 50.0 Å². The Kier molecular flexibility index (Phi) is 8.08. The Morgan fingerprint density at radius 1 is 1.29 bits per heavy atom. The smallest absolute Gasteiger partial charge is 0.252 e. The van der Waals surface area contributed by atoms with Crippen LogP contribution in [0.1, 0.15) is 57.1 Å². The molecule has 5 heteroatoms. The van der Waals surface area contributed by atoms with Gasteiger partial charge in [-0.2, -0.15) is 0 Å². The summed E-state index contributed by atoms with van der Waals surface area (Å²) in [5.41, 5.74) is 4.29. The molecule has 1 amide bonds. The molecule has 1 aliphatic heterocycles. The molecular weight excluding hydrogens is 386 g/mol. The SMILES string of the molecule is C=C1/C=C(\C)C(=O)NC(CC2(c3cccc(CC)c3)CCCC2)=NCCN1CCOC. The van der Waals surface area contributed by atoms with Crippen molar-refractivity contribution in [1.82, 2.24) is 10.2 Å². The molecule has 31 heavy (non-hydrogen) atoms. The lowest BCUT2D eigenvalue weighted by atomic mass is 9.75. The highest BCUT2D eigenvalue weighted by Crippen LogP contribution is 2.44. The lowest BCUT2D eigenvalue weighted by molar-refractivity contribution is -0.116. The van der Waals surface area contributed by atoms with Crippen LogP contribution in [0.25, 0.3) is 0 Å². The summed E-state index contributed by atoms with van der Waals surface area (Å²) in [5.74, 6) is 0.713. The second-order valence-corrected chi connectivity index (χ2v) is 8.80. The fourth-order valence-electron chi connectivity index (χ4n) is 4.74. The van der Waals surface area contributed by atoms with Gasteiger partial charge in [0.15, 0.2) is 0 Å². The molecule has 0 radical (unpaired) electrons. The van der Waals surface area contributed by atoms with Gasteiger partial charge in [-0.25, -0.2) is 0 Å². The summed E-state index contributed by atoms with van der Waals surface area (Å²) in [6.45, 7) is 10.9. The minimum absolute atomic E-state index is 0.0539. The van der Waals surface area contributed by atoms with Crippen molar-refractivity contribution in [3.05, 3.63) is 59.3 Å². The van der Waals surface area contributed by atoms with Crippen molar-refractivity contribution >= 4 is 11.7 Å². The van der Waals surface area contributed by atoms with Gasteiger partial charge in [0.05, 0.1) is 13.2 Å². The van der Waals surface area contributed by atoms with Crippen molar-refractivity contribution < 1.29 is 9.53 Å². The maximum absolute atomic E-state index is 12.9. The van der Waals surface area contributed by atoms with Gasteiger partial charge in [0.25, 0.3) is 5.91 Å². The van der Waals surface area contributed by atoms with Gasteiger partial charge in [0.1, 0.15) is 5.84 Å². The summed E-state index contributed by atoms with van der Waals surface area (Å²) in [7, 11) is 1.70. The van der Waals surface area contributed by atoms with Crippen LogP contribution in [0.2, 0.25) is 0 Å². The number of aliphatic imine (C=N–C) groups is 1. The highest BCUT2D eigenvalue weighted by atomic mass is 16.5. The standard InChI is InChI=1S/C26H37N3O2/c1-5-22-9-8-10-23(18-22)26(11-6-7-12-26)19-24-27-13-14-29(15-16-31-4)21(3)17-20(2)25(30)28-24/h8-10,17-18H,3,5-7,11-16,19H2,1-2,4H3,(H,27,28,30)/b20-17+. The number of ether oxygens (including phenoxy) is 1. The van der Waals surface area contributed by atoms with Gasteiger partial charge in [-0.05, 0) is 43.4 Å². The molecule has 0 atom stereocenters. The highest BCUT2D eigenvalue weighted by Gasteiger charge is 2.37. The molecule has 2 aliphatic rings. The second kappa shape index (κ2) is 10.8. The molecule has 1 heterocycles. The molecule has 1 aliphatic carbocycles. The van der Waals surface area contributed by atoms with Crippen LogP contribution in [0.15, 0.2) is 53.2 Å². The largest absolute Gasteiger partial charge is 0.383 e. The van der Waals surface area contributed by atoms with Crippen molar-refractivity contribution in [2.24, 2.45) is 4.99 Å². The Labute approximate surface area is 187 Å². The first-order valence-corrected chi connectivity index (χ1v) is 11.5. The molecule has 1 fully saturated rings. The first-order valence-electron chi connectivity index (χ1n) is 11.5. The average Bonchev–Trinajstić information content (AvgIpc) is 3.25. The fourth-order valence-corrected chi connectivity index (χ4v) is 4.74. The van der Waals surface area contributed by atoms with Gasteiger partial charge in [0, 0.05) is 43.3 Å². The minimum atomic E-state index is -0.0936. The van der Waals surface area contributed by atoms with Gasteiger partial charge < -0.3 is 15.0 Å². The second-order valence-electron chi connectivity index (χ2n) is 8.80. The van der Waals surface area contributed by atoms with E-state index < -0.39 is 0 Å². The molecule has 0 unspecified atom stereocenters. The Bertz CT molecular complexity index is 850. The Balaban J connectivity index is 1.86. The number of benzene rings is 1. The number of methoxy groups -OCH3 is 1. The van der Waals surface area contributed by atoms with E-state index in [4.69, 9.17) is 9.73 Å². The maximum atomic E-state index is 12.9. The zero-order valence-corrected chi connectivity index (χ0v) is 19.4. The van der Waals surface area contributed by atoms with Crippen molar-refractivity contribution in [2.45, 2.75) is 57.8 Å². The number of nitrogens with one attached hydrogen (secondary N) is 1. The molecule has 1 N–H and O–H groups in total. The summed E-state index contributed by atoms with van der Waals surface area (Å²) in [4.78, 5) is 19.9. The lowest BCUT2D eigenvalue weighted by Crippen LogP contribution is -2.39. The average molecular weight is 424 g/mol. The summed E-state index contributed by atoms with van der Waals surface area (Å²) in [6, 6.07) is 8.99. The summed E-state index contributed by atoms with van der Waals surface area (Å²) in [6.07, 6.45) is 8.40. The number of rotatable bonds is 7. The van der Waals surface area contributed by atoms with Gasteiger partial charge in [-0.1, -0.05) is 50.6 Å². The third kappa shape index (κ3) is 5.85. The van der Waals surface area contributed by atoms with Crippen molar-refractivity contribution in [3.8, 4) is 0 Å². The van der Waals surface area contributed by atoms with Crippen molar-refractivity contribution in [1.29, 1.82) is 0 Å². The molecule has 0 spiro atoms. The first kappa shape index (κ1) is 23.3. The topological polar surface area (TPSA) is 53.9 Å². The highest BCUT2D eigenvalue weighted by molar-refractivity contribution is 6.06. The number of hydrogen-bond donors (Lipinski definition) is 1. The summed E-state index contributed by atoms with van der Waals surface area (Å²) in [5, 5.41) is 3.12. The van der Waals surface area contributed by atoms with Crippen LogP contribution in [0.4, 0.5) is 0 Å². The van der Waals surface area contributed by atoms with Crippen LogP contribution in [0.5, 0.6) is 0 Å². The van der Waals surface area contributed by atoms with Crippen molar-refractivity contribution in [3.63, 3.8) is 0 Å². The van der Waals surface area contributed by atoms with Gasteiger partial charge in [-0.3, -0.25) is 9.79 Å². The normalized spacial score (nSPS) is 21.3. The number of nitrogens with zero attached hydrogens (tertiary/aromatic N) is 2. The van der Waals surface area contributed by atoms with Crippen LogP contribution in [0, 0.1) is 0 Å². The van der Waals surface area contributed by atoms with E-state index in [2.05, 4.69) is 48.0 Å². The molecule has 5 nitrogen and oxygen atoms in total. The molecule has 0 aromatic heterocycles. The Hall–Kier alpha value is -2.40. The molecule has 1 aromatic carbocycles. The molecule has 1 aromatic rings. The zero-order chi connectivity index (χ0) is 22.3. The molecule has 0 bridgehead atoms. The number of carbonyl (C=O) groups is 1. The molecule has 0 saturated heterocycles. The number of amidine groups is 1. The number of amides is 1. The van der Waals surface area contributed by atoms with Crippen LogP contribution < -0.4 is 5.32 Å². The van der Waals surface area contributed by atoms with E-state index in [0.717, 1.165) is 50.3 Å². The lowest BCUT2D eigenvalue weighted by Gasteiger charge is -2.31. The van der Waals surface area contributed by atoms with Gasteiger partial charge >= 0.3 is 0 Å². The van der Waals surface area contributed by atoms with Crippen LogP contribution >= 0.6 is 0 Å². The van der Waals surface area contributed by atoms with E-state index in [9.17, 15) is 4.79 Å². The van der Waals surface area contributed by atoms with E-state index in [0.29, 0.717) is 18.7 Å². The summed E-state index contributed by atoms with van der Waals surface area (Å²) < 4.78 is 5.24. The van der Waals surface area contributed by atoms with E-state index in [-0.39, 0.29) is 11.3 Å². The molecule has 1 saturated carbocycles. The molecular formula is C26H37N3O2. The molecule has 168 valence electrons. The van der Waals surface area contributed by atoms with E-state index in [1.54, 1.807) is 7.11 Å². The Morgan fingerprint density at radius 2 is 2.06 bits per heavy atom. The zero-order valence-electron chi connectivity index (χ0n) is 19.4. The van der Waals surface area contributed by atoms with E-state index in [1.807, 2.05) is 13.0 Å². The van der Waals surface area contributed by atoms with E-state index >= 15 is 0 Å². The number of carbonyl (C=O) groups excluding carboxylic acids is 1. The quantitative estimate of drug-likeness (QED) is 0.708. The third-order valence-corrected chi connectivity index (χ3v) is 6.66. The number of aryl methyl sites for hydroxylation is 1. The van der Waals surface area contributed by atoms with E-state index in [1.165, 1.54) is 24.0 Å².